The largest absolute Gasteiger partial charge is 0.394 e. The number of carbonyl (C=O) groups excluding carboxylic acids is 1. The number of hydrogen-bond acceptors (Lipinski definition) is 9. The number of aromatic nitrogens is 4. The van der Waals surface area contributed by atoms with Gasteiger partial charge in [-0.15, -0.1) is 5.10 Å². The number of halogens is 3. The zero-order chi connectivity index (χ0) is 31.0. The van der Waals surface area contributed by atoms with Crippen LogP contribution in [0.25, 0.3) is 11.3 Å². The minimum Gasteiger partial charge on any atom is -0.394 e. The molecular weight excluding hydrogens is 583 g/mol. The van der Waals surface area contributed by atoms with Gasteiger partial charge in [-0.2, -0.15) is 0 Å². The lowest BCUT2D eigenvalue weighted by Crippen LogP contribution is -2.57. The number of aliphatic hydroxyl groups is 2. The minimum absolute atomic E-state index is 0.0395. The van der Waals surface area contributed by atoms with Gasteiger partial charge in [0.25, 0.3) is 0 Å². The molecule has 2 aliphatic heterocycles. The van der Waals surface area contributed by atoms with Crippen molar-refractivity contribution in [2.45, 2.75) is 81.3 Å². The number of rotatable bonds is 8. The van der Waals surface area contributed by atoms with E-state index in [1.807, 2.05) is 11.0 Å². The summed E-state index contributed by atoms with van der Waals surface area (Å²) in [6.07, 6.45) is 3.61. The summed E-state index contributed by atoms with van der Waals surface area (Å²) in [5.74, 6) is -3.04. The lowest BCUT2D eigenvalue weighted by atomic mass is 9.89. The number of likely N-dealkylation sites (tertiary alicyclic amines) is 1. The van der Waals surface area contributed by atoms with Gasteiger partial charge < -0.3 is 29.1 Å². The van der Waals surface area contributed by atoms with Crippen LogP contribution in [-0.2, 0) is 20.7 Å². The number of aliphatic hydroxyl groups excluding tert-OH is 2. The molecular formula is C30H36F3N5O6. The van der Waals surface area contributed by atoms with Crippen molar-refractivity contribution < 1.29 is 42.2 Å². The number of nitrogens with zero attached hydrogens (tertiary/aromatic N) is 5. The Bertz CT molecular complexity index is 1430. The monoisotopic (exact) mass is 619 g/mol. The second-order valence-corrected chi connectivity index (χ2v) is 11.9. The summed E-state index contributed by atoms with van der Waals surface area (Å²) >= 11 is 0. The van der Waals surface area contributed by atoms with E-state index in [9.17, 15) is 28.2 Å². The first-order valence-corrected chi connectivity index (χ1v) is 15.1. The molecule has 3 aromatic rings. The van der Waals surface area contributed by atoms with Crippen LogP contribution in [0.4, 0.5) is 13.2 Å². The Morgan fingerprint density at radius 3 is 2.43 bits per heavy atom. The summed E-state index contributed by atoms with van der Waals surface area (Å²) in [5.41, 5.74) is 0.604. The highest BCUT2D eigenvalue weighted by atomic mass is 19.2. The SMILES string of the molecule is CO[C@@H]1[C@@H](n2cc(-c3cc(F)c(F)c(F)c3)nn2)[C@@H](O)[C@@H](CO)O[C@@H]1Cc1cc(C2CCN(C(=O)C3CCCC3)CC2)on1. The Kier molecular flexibility index (Phi) is 9.03. The summed E-state index contributed by atoms with van der Waals surface area (Å²) in [7, 11) is 1.44. The summed E-state index contributed by atoms with van der Waals surface area (Å²) in [4.78, 5) is 14.8. The quantitative estimate of drug-likeness (QED) is 0.365. The van der Waals surface area contributed by atoms with E-state index in [2.05, 4.69) is 15.5 Å². The van der Waals surface area contributed by atoms with E-state index >= 15 is 0 Å². The van der Waals surface area contributed by atoms with Crippen molar-refractivity contribution in [3.63, 3.8) is 0 Å². The smallest absolute Gasteiger partial charge is 0.225 e. The Hall–Kier alpha value is -3.33. The molecule has 0 unspecified atom stereocenters. The van der Waals surface area contributed by atoms with Gasteiger partial charge in [-0.1, -0.05) is 23.2 Å². The minimum atomic E-state index is -1.59. The van der Waals surface area contributed by atoms with Gasteiger partial charge in [0.2, 0.25) is 5.91 Å². The molecule has 14 heteroatoms. The normalized spacial score (nSPS) is 26.9. The van der Waals surface area contributed by atoms with E-state index in [-0.39, 0.29) is 35.4 Å². The Morgan fingerprint density at radius 1 is 1.07 bits per heavy atom. The van der Waals surface area contributed by atoms with Crippen molar-refractivity contribution in [2.75, 3.05) is 26.8 Å². The van der Waals surface area contributed by atoms with Crippen LogP contribution in [-0.4, -0.2) is 92.4 Å². The van der Waals surface area contributed by atoms with Crippen molar-refractivity contribution in [3.8, 4) is 11.3 Å². The van der Waals surface area contributed by atoms with Crippen LogP contribution in [0.2, 0.25) is 0 Å². The molecule has 11 nitrogen and oxygen atoms in total. The van der Waals surface area contributed by atoms with Crippen molar-refractivity contribution in [3.05, 3.63) is 53.3 Å². The number of piperidine rings is 1. The van der Waals surface area contributed by atoms with Gasteiger partial charge in [0, 0.05) is 50.1 Å². The van der Waals surface area contributed by atoms with E-state index < -0.39 is 54.5 Å². The Morgan fingerprint density at radius 2 is 1.77 bits per heavy atom. The van der Waals surface area contributed by atoms with E-state index in [0.29, 0.717) is 18.8 Å². The average molecular weight is 620 g/mol. The molecule has 1 aromatic carbocycles. The zero-order valence-electron chi connectivity index (χ0n) is 24.3. The third-order valence-electron chi connectivity index (χ3n) is 9.23. The summed E-state index contributed by atoms with van der Waals surface area (Å²) in [5, 5.41) is 33.4. The highest BCUT2D eigenvalue weighted by Crippen LogP contribution is 2.36. The maximum absolute atomic E-state index is 13.8. The van der Waals surface area contributed by atoms with Crippen LogP contribution >= 0.6 is 0 Å². The van der Waals surface area contributed by atoms with Crippen molar-refractivity contribution in [1.29, 1.82) is 0 Å². The molecule has 0 bridgehead atoms. The second-order valence-electron chi connectivity index (χ2n) is 11.9. The summed E-state index contributed by atoms with van der Waals surface area (Å²) in [6.45, 7) is 0.869. The van der Waals surface area contributed by atoms with Gasteiger partial charge in [0.15, 0.2) is 17.5 Å². The number of ether oxygens (including phenoxy) is 2. The number of methoxy groups -OCH3 is 1. The van der Waals surface area contributed by atoms with Crippen LogP contribution in [0.5, 0.6) is 0 Å². The lowest BCUT2D eigenvalue weighted by Gasteiger charge is -2.43. The Balaban J connectivity index is 1.15. The van der Waals surface area contributed by atoms with Crippen molar-refractivity contribution >= 4 is 5.91 Å². The topological polar surface area (TPSA) is 136 Å². The van der Waals surface area contributed by atoms with Gasteiger partial charge >= 0.3 is 0 Å². The first-order valence-electron chi connectivity index (χ1n) is 15.1. The molecule has 1 amide bonds. The van der Waals surface area contributed by atoms with Crippen LogP contribution in [0.15, 0.2) is 28.9 Å². The lowest BCUT2D eigenvalue weighted by molar-refractivity contribution is -0.212. The van der Waals surface area contributed by atoms with Gasteiger partial charge in [-0.3, -0.25) is 4.79 Å². The highest BCUT2D eigenvalue weighted by molar-refractivity contribution is 5.79. The predicted octanol–water partition coefficient (Wildman–Crippen LogP) is 3.17. The van der Waals surface area contributed by atoms with E-state index in [1.54, 1.807) is 0 Å². The molecule has 0 radical (unpaired) electrons. The molecule has 1 aliphatic carbocycles. The number of amides is 1. The first-order chi connectivity index (χ1) is 21.3. The highest BCUT2D eigenvalue weighted by Gasteiger charge is 2.47. The number of hydrogen-bond donors (Lipinski definition) is 2. The van der Waals surface area contributed by atoms with Crippen molar-refractivity contribution in [1.82, 2.24) is 25.1 Å². The predicted molar refractivity (Wildman–Crippen MR) is 148 cm³/mol. The number of carbonyl (C=O) groups is 1. The molecule has 2 saturated heterocycles. The summed E-state index contributed by atoms with van der Waals surface area (Å²) < 4.78 is 60.0. The van der Waals surface area contributed by atoms with Crippen LogP contribution in [0.3, 0.4) is 0 Å². The fourth-order valence-corrected chi connectivity index (χ4v) is 6.83. The molecule has 5 atom stereocenters. The fraction of sp³-hybridized carbons (Fsp3) is 0.600. The van der Waals surface area contributed by atoms with E-state index in [1.165, 1.54) is 18.0 Å². The molecule has 3 aliphatic rings. The van der Waals surface area contributed by atoms with Crippen LogP contribution in [0, 0.1) is 23.4 Å². The van der Waals surface area contributed by atoms with Gasteiger partial charge in [-0.25, -0.2) is 17.9 Å². The third-order valence-corrected chi connectivity index (χ3v) is 9.23. The van der Waals surface area contributed by atoms with Crippen molar-refractivity contribution in [2.24, 2.45) is 5.92 Å². The van der Waals surface area contributed by atoms with Gasteiger partial charge in [-0.05, 0) is 37.8 Å². The molecule has 4 heterocycles. The molecule has 3 fully saturated rings. The molecule has 44 heavy (non-hydrogen) atoms. The molecule has 0 spiro atoms. The van der Waals surface area contributed by atoms with E-state index in [4.69, 9.17) is 14.0 Å². The first kappa shape index (κ1) is 30.7. The summed E-state index contributed by atoms with van der Waals surface area (Å²) in [6, 6.07) is 2.58. The maximum Gasteiger partial charge on any atom is 0.225 e. The number of benzene rings is 1. The Labute approximate surface area is 251 Å². The average Bonchev–Trinajstić information content (AvgIpc) is 3.83. The van der Waals surface area contributed by atoms with Gasteiger partial charge in [0.05, 0.1) is 24.6 Å². The standard InChI is InChI=1S/C30H36F3N5O6/c1-42-29-24(13-19-12-23(44-35-19)16-6-8-37(9-7-16)30(41)17-4-2-3-5-17)43-25(15-39)28(40)27(29)38-14-22(34-36-38)18-10-20(31)26(33)21(32)11-18/h10-12,14,16-17,24-25,27-29,39-40H,2-9,13,15H2,1H3/t24-,25-,27+,28+,29+/m1/s1. The maximum atomic E-state index is 13.8. The van der Waals surface area contributed by atoms with E-state index in [0.717, 1.165) is 56.4 Å². The molecule has 2 aromatic heterocycles. The molecule has 2 N–H and O–H groups in total. The van der Waals surface area contributed by atoms with Gasteiger partial charge in [0.1, 0.15) is 35.8 Å². The third kappa shape index (κ3) is 6.00. The molecule has 238 valence electrons. The zero-order valence-corrected chi connectivity index (χ0v) is 24.3. The van der Waals surface area contributed by atoms with Crippen LogP contribution < -0.4 is 0 Å². The molecule has 6 rings (SSSR count). The molecule has 1 saturated carbocycles. The fourth-order valence-electron chi connectivity index (χ4n) is 6.83. The van der Waals surface area contributed by atoms with Crippen LogP contribution in [0.1, 0.15) is 61.9 Å². The second kappa shape index (κ2) is 13.0.